The highest BCUT2D eigenvalue weighted by Gasteiger charge is 2.37. The molecular weight excluding hydrogens is 250 g/mol. The van der Waals surface area contributed by atoms with Crippen LogP contribution in [-0.4, -0.2) is 15.8 Å². The molecule has 0 amide bonds. The Labute approximate surface area is 89.9 Å². The minimum Gasteiger partial charge on any atom is -0.383 e. The van der Waals surface area contributed by atoms with Crippen LogP contribution in [0.4, 0.5) is 0 Å². The Kier molecular flexibility index (Phi) is 2.38. The van der Waals surface area contributed by atoms with Gasteiger partial charge in [0.15, 0.2) is 0 Å². The van der Waals surface area contributed by atoms with Crippen LogP contribution in [0.3, 0.4) is 0 Å². The molecule has 0 radical (unpaired) electrons. The molecule has 0 aliphatic carbocycles. The number of hydrogen-bond acceptors (Lipinski definition) is 3. The summed E-state index contributed by atoms with van der Waals surface area (Å²) in [5.74, 6) is 0.724. The van der Waals surface area contributed by atoms with Gasteiger partial charge in [-0.1, -0.05) is 6.92 Å². The average Bonchev–Trinajstić information content (AvgIpc) is 2.45. The molecular formula is C9H10BrNOS. The highest BCUT2D eigenvalue weighted by Crippen LogP contribution is 2.43. The van der Waals surface area contributed by atoms with E-state index in [0.717, 1.165) is 27.4 Å². The number of rotatable bonds is 1. The van der Waals surface area contributed by atoms with E-state index >= 15 is 0 Å². The summed E-state index contributed by atoms with van der Waals surface area (Å²) < 4.78 is 0.792. The third-order valence-corrected chi connectivity index (χ3v) is 4.02. The molecule has 0 bridgehead atoms. The van der Waals surface area contributed by atoms with Gasteiger partial charge in [0.05, 0.1) is 5.69 Å². The molecule has 2 heterocycles. The summed E-state index contributed by atoms with van der Waals surface area (Å²) in [5.41, 5.74) is 0.110. The number of thioether (sulfide) groups is 1. The van der Waals surface area contributed by atoms with E-state index in [2.05, 4.69) is 20.9 Å². The van der Waals surface area contributed by atoms with Gasteiger partial charge in [-0.2, -0.15) is 0 Å². The van der Waals surface area contributed by atoms with Crippen LogP contribution < -0.4 is 0 Å². The topological polar surface area (TPSA) is 33.1 Å². The lowest BCUT2D eigenvalue weighted by Crippen LogP contribution is -2.25. The van der Waals surface area contributed by atoms with Crippen molar-refractivity contribution in [1.29, 1.82) is 0 Å². The Morgan fingerprint density at radius 2 is 2.46 bits per heavy atom. The van der Waals surface area contributed by atoms with E-state index < -0.39 is 5.60 Å². The molecule has 0 saturated heterocycles. The molecule has 13 heavy (non-hydrogen) atoms. The van der Waals surface area contributed by atoms with Crippen molar-refractivity contribution in [2.75, 3.05) is 5.75 Å². The smallest absolute Gasteiger partial charge is 0.117 e. The maximum atomic E-state index is 10.2. The summed E-state index contributed by atoms with van der Waals surface area (Å²) in [4.78, 5) is 5.43. The van der Waals surface area contributed by atoms with Crippen LogP contribution in [0.2, 0.25) is 0 Å². The van der Waals surface area contributed by atoms with Crippen LogP contribution in [0.15, 0.2) is 21.6 Å². The zero-order valence-electron chi connectivity index (χ0n) is 7.25. The van der Waals surface area contributed by atoms with Gasteiger partial charge in [0.1, 0.15) is 10.2 Å². The first-order valence-electron chi connectivity index (χ1n) is 4.18. The molecule has 2 rings (SSSR count). The lowest BCUT2D eigenvalue weighted by Gasteiger charge is -2.19. The monoisotopic (exact) mass is 259 g/mol. The van der Waals surface area contributed by atoms with Gasteiger partial charge in [0.25, 0.3) is 0 Å². The summed E-state index contributed by atoms with van der Waals surface area (Å²) >= 11 is 4.99. The van der Waals surface area contributed by atoms with Crippen LogP contribution >= 0.6 is 27.7 Å². The fourth-order valence-corrected chi connectivity index (χ4v) is 2.99. The molecule has 1 aliphatic heterocycles. The van der Waals surface area contributed by atoms with Crippen LogP contribution in [0, 0.1) is 0 Å². The Morgan fingerprint density at radius 1 is 1.69 bits per heavy atom. The van der Waals surface area contributed by atoms with Gasteiger partial charge < -0.3 is 5.11 Å². The van der Waals surface area contributed by atoms with Crippen molar-refractivity contribution in [3.63, 3.8) is 0 Å². The summed E-state index contributed by atoms with van der Waals surface area (Å²) in [5, 5.41) is 10.2. The first-order valence-corrected chi connectivity index (χ1v) is 5.96. The molecule has 1 aliphatic rings. The van der Waals surface area contributed by atoms with E-state index in [1.54, 1.807) is 11.8 Å². The highest BCUT2D eigenvalue weighted by molar-refractivity contribution is 9.10. The molecule has 0 aromatic carbocycles. The van der Waals surface area contributed by atoms with E-state index in [4.69, 9.17) is 0 Å². The Balaban J connectivity index is 2.52. The molecule has 1 N–H and O–H groups in total. The SMILES string of the molecule is CCC1(O)CSc2ccc(Br)nc21. The van der Waals surface area contributed by atoms with Crippen molar-refractivity contribution in [2.45, 2.75) is 23.8 Å². The first kappa shape index (κ1) is 9.49. The predicted molar refractivity (Wildman–Crippen MR) is 56.8 cm³/mol. The van der Waals surface area contributed by atoms with Gasteiger partial charge in [-0.25, -0.2) is 4.98 Å². The van der Waals surface area contributed by atoms with Gasteiger partial charge in [0, 0.05) is 10.6 Å². The number of fused-ring (bicyclic) bond motifs is 1. The van der Waals surface area contributed by atoms with Crippen molar-refractivity contribution in [2.24, 2.45) is 0 Å². The molecule has 1 aromatic heterocycles. The molecule has 1 unspecified atom stereocenters. The predicted octanol–water partition coefficient (Wildman–Crippen LogP) is 2.55. The van der Waals surface area contributed by atoms with Gasteiger partial charge >= 0.3 is 0 Å². The Morgan fingerprint density at radius 3 is 3.15 bits per heavy atom. The third-order valence-electron chi connectivity index (χ3n) is 2.32. The van der Waals surface area contributed by atoms with Crippen molar-refractivity contribution in [3.05, 3.63) is 22.4 Å². The number of pyridine rings is 1. The number of hydrogen-bond donors (Lipinski definition) is 1. The van der Waals surface area contributed by atoms with Crippen LogP contribution in [0.25, 0.3) is 0 Å². The fraction of sp³-hybridized carbons (Fsp3) is 0.444. The molecule has 2 nitrogen and oxygen atoms in total. The molecule has 70 valence electrons. The molecule has 0 spiro atoms. The Hall–Kier alpha value is -0.0600. The second kappa shape index (κ2) is 3.26. The summed E-state index contributed by atoms with van der Waals surface area (Å²) in [6.07, 6.45) is 0.719. The highest BCUT2D eigenvalue weighted by atomic mass is 79.9. The standard InChI is InChI=1S/C9H10BrNOS/c1-2-9(12)5-13-6-3-4-7(10)11-8(6)9/h3-4,12H,2,5H2,1H3. The van der Waals surface area contributed by atoms with Gasteiger partial charge in [-0.3, -0.25) is 0 Å². The number of aromatic nitrogens is 1. The van der Waals surface area contributed by atoms with Crippen LogP contribution in [0.5, 0.6) is 0 Å². The normalized spacial score (nSPS) is 26.1. The molecule has 4 heteroatoms. The number of aliphatic hydroxyl groups is 1. The van der Waals surface area contributed by atoms with Crippen molar-refractivity contribution in [3.8, 4) is 0 Å². The van der Waals surface area contributed by atoms with E-state index in [-0.39, 0.29) is 0 Å². The Bertz CT molecular complexity index is 344. The maximum Gasteiger partial charge on any atom is 0.117 e. The van der Waals surface area contributed by atoms with Crippen molar-refractivity contribution < 1.29 is 5.11 Å². The first-order chi connectivity index (χ1) is 6.15. The van der Waals surface area contributed by atoms with Gasteiger partial charge in [0.2, 0.25) is 0 Å². The van der Waals surface area contributed by atoms with Crippen LogP contribution in [-0.2, 0) is 5.60 Å². The van der Waals surface area contributed by atoms with Gasteiger partial charge in [-0.15, -0.1) is 11.8 Å². The second-order valence-corrected chi connectivity index (χ2v) is 4.98. The van der Waals surface area contributed by atoms with E-state index in [9.17, 15) is 5.11 Å². The van der Waals surface area contributed by atoms with E-state index in [0.29, 0.717) is 0 Å². The average molecular weight is 260 g/mol. The zero-order valence-corrected chi connectivity index (χ0v) is 9.65. The minimum atomic E-state index is -0.718. The molecule has 1 atom stereocenters. The lowest BCUT2D eigenvalue weighted by molar-refractivity contribution is 0.0547. The quantitative estimate of drug-likeness (QED) is 0.788. The maximum absolute atomic E-state index is 10.2. The molecule has 1 aromatic rings. The summed E-state index contributed by atoms with van der Waals surface area (Å²) in [7, 11) is 0. The van der Waals surface area contributed by atoms with Crippen molar-refractivity contribution >= 4 is 27.7 Å². The lowest BCUT2D eigenvalue weighted by atomic mass is 9.99. The minimum absolute atomic E-state index is 0.718. The molecule has 0 saturated carbocycles. The fourth-order valence-electron chi connectivity index (χ4n) is 1.41. The summed E-state index contributed by atoms with van der Waals surface area (Å²) in [6.45, 7) is 1.98. The van der Waals surface area contributed by atoms with Crippen molar-refractivity contribution in [1.82, 2.24) is 4.98 Å². The second-order valence-electron chi connectivity index (χ2n) is 3.15. The third kappa shape index (κ3) is 1.51. The van der Waals surface area contributed by atoms with Gasteiger partial charge in [-0.05, 0) is 34.5 Å². The van der Waals surface area contributed by atoms with Crippen LogP contribution in [0.1, 0.15) is 19.0 Å². The number of halogens is 1. The zero-order chi connectivity index (χ0) is 9.47. The summed E-state index contributed by atoms with van der Waals surface area (Å²) in [6, 6.07) is 3.91. The molecule has 0 fully saturated rings. The largest absolute Gasteiger partial charge is 0.383 e. The number of nitrogens with zero attached hydrogens (tertiary/aromatic N) is 1. The van der Waals surface area contributed by atoms with E-state index in [1.807, 2.05) is 19.1 Å². The van der Waals surface area contributed by atoms with E-state index in [1.165, 1.54) is 0 Å².